The molecule has 0 aliphatic carbocycles. The number of carboxylic acids is 1. The minimum absolute atomic E-state index is 0.148. The van der Waals surface area contributed by atoms with E-state index >= 15 is 0 Å². The van der Waals surface area contributed by atoms with Crippen molar-refractivity contribution >= 4 is 179 Å². The molecule has 528 valence electrons. The SMILES string of the molecule is COc1ncc(-c2ccc(C(=O)Nc3ccc(Cl)c(C4=Nc5ccccc5C4)c3)c(C)c2)cn1.COc1ncc(B(O)O)cn1.Cc1cc(Br)ccc1C(=O)Nc1ccc(Cl)c(C2=Nc3ccccc3C2)c1.Cc1cc(Br)ccc1C(=O)O.Nc1ccc(Cl)c(C2=Nc3ccccc3C2)c1.O=S(Cl)Cl. The molecule has 0 bridgehead atoms. The van der Waals surface area contributed by atoms with Gasteiger partial charge in [-0.15, -0.1) is 0 Å². The molecule has 0 spiro atoms. The molecule has 9 aromatic carbocycles. The Bertz CT molecular complexity index is 5120. The van der Waals surface area contributed by atoms with Crippen LogP contribution in [0.1, 0.15) is 81.1 Å². The molecule has 0 fully saturated rings. The van der Waals surface area contributed by atoms with E-state index in [0.29, 0.717) is 61.3 Å². The summed E-state index contributed by atoms with van der Waals surface area (Å²) < 4.78 is 20.6. The molecule has 28 heteroatoms. The first-order valence-corrected chi connectivity index (χ1v) is 36.8. The molecule has 2 aromatic heterocycles. The number of carboxylic acid groups (broad SMARTS) is 1. The summed E-state index contributed by atoms with van der Waals surface area (Å²) in [6.07, 6.45) is 8.23. The monoisotopic (exact) mass is 1630 g/mol. The number of aryl methyl sites for hydroxylation is 3. The number of nitrogens with one attached hydrogen (secondary N) is 2. The number of carbonyl (C=O) groups is 3. The van der Waals surface area contributed by atoms with Crippen molar-refractivity contribution in [2.24, 2.45) is 15.0 Å². The van der Waals surface area contributed by atoms with Crippen LogP contribution >= 0.6 is 88.0 Å². The number of hydrogen-bond acceptors (Lipinski definition) is 16. The quantitative estimate of drug-likeness (QED) is 0.0377. The van der Waals surface area contributed by atoms with Gasteiger partial charge in [-0.2, -0.15) is 0 Å². The largest absolute Gasteiger partial charge is 0.491 e. The maximum atomic E-state index is 13.0. The Morgan fingerprint density at radius 2 is 0.856 bits per heavy atom. The second-order valence-corrected chi connectivity index (χ2v) is 28.5. The Morgan fingerprint density at radius 1 is 0.490 bits per heavy atom. The summed E-state index contributed by atoms with van der Waals surface area (Å²) in [5, 5.41) is 33.8. The summed E-state index contributed by atoms with van der Waals surface area (Å²) in [5.74, 6) is -1.22. The zero-order valence-electron chi connectivity index (χ0n) is 55.9. The third-order valence-electron chi connectivity index (χ3n) is 15.8. The van der Waals surface area contributed by atoms with Gasteiger partial charge in [0.25, 0.3) is 11.8 Å². The van der Waals surface area contributed by atoms with Crippen LogP contribution in [0.4, 0.5) is 34.1 Å². The number of aromatic nitrogens is 4. The average molecular weight is 1640 g/mol. The van der Waals surface area contributed by atoms with Gasteiger partial charge in [0.05, 0.1) is 54.0 Å². The molecule has 0 radical (unpaired) electrons. The highest BCUT2D eigenvalue weighted by molar-refractivity contribution is 9.10. The maximum absolute atomic E-state index is 13.0. The number of ether oxygens (including phenoxy) is 2. The fourth-order valence-corrected chi connectivity index (χ4v) is 12.3. The standard InChI is InChI=1S/C27H21ClN4O2.C22H16BrClN2O.C14H11ClN2.C8H7BrO2.C5H7BN2O3.Cl2OS/c1-16-11-17(19-14-29-27(34-2)30-15-19)7-9-21(16)26(33)31-20-8-10-23(28)22(13-20)25-12-18-5-3-4-6-24(18)32-25;1-13-10-15(23)6-8-17(13)22(27)25-16-7-9-19(24)18(12-16)21-11-14-4-2-3-5-20(14)26-21;15-12-6-5-10(16)8-11(12)14-7-9-3-1-2-4-13(9)17-14;1-5-4-6(9)2-3-7(5)8(10)11;1-11-5-7-2-4(3-8-5)6(9)10;1-4(2)3/h3-11,13-15H,12H2,1-2H3,(H,31,33);2-10,12H,11H2,1H3,(H,25,27);1-6,8H,7,16H2;2-4H,1H3,(H,10,11);2-3,9-10H,1H3;. The first-order valence-electron chi connectivity index (χ1n) is 31.3. The zero-order valence-corrected chi connectivity index (χ0v) is 63.6. The van der Waals surface area contributed by atoms with Crippen molar-refractivity contribution in [3.05, 3.63) is 298 Å². The van der Waals surface area contributed by atoms with Crippen LogP contribution in [-0.4, -0.2) is 95.6 Å². The molecule has 5 heterocycles. The zero-order chi connectivity index (χ0) is 74.7. The maximum Gasteiger partial charge on any atom is 0.491 e. The van der Waals surface area contributed by atoms with E-state index in [9.17, 15) is 14.4 Å². The Balaban J connectivity index is 0.000000159. The van der Waals surface area contributed by atoms with Gasteiger partial charge in [0.15, 0.2) is 0 Å². The smallest absolute Gasteiger partial charge is 0.478 e. The average Bonchev–Trinajstić information content (AvgIpc) is 1.78. The number of methoxy groups -OCH3 is 2. The van der Waals surface area contributed by atoms with E-state index in [1.807, 2.05) is 123 Å². The number of amides is 2. The number of fused-ring (bicyclic) bond motifs is 3. The highest BCUT2D eigenvalue weighted by Crippen LogP contribution is 2.36. The molecule has 14 rings (SSSR count). The summed E-state index contributed by atoms with van der Waals surface area (Å²) in [4.78, 5) is 65.9. The van der Waals surface area contributed by atoms with E-state index in [0.717, 1.165) is 100 Å². The third-order valence-corrected chi connectivity index (χ3v) is 17.8. The van der Waals surface area contributed by atoms with Crippen LogP contribution < -0.4 is 31.3 Å². The topological polar surface area (TPSA) is 286 Å². The lowest BCUT2D eigenvalue weighted by Gasteiger charge is -2.12. The second kappa shape index (κ2) is 37.3. The number of para-hydroxylation sites is 3. The van der Waals surface area contributed by atoms with Gasteiger partial charge in [0, 0.05) is 145 Å². The lowest BCUT2D eigenvalue weighted by Crippen LogP contribution is -2.30. The molecule has 0 saturated heterocycles. The first-order chi connectivity index (χ1) is 49.8. The number of aliphatic imine (C=N–C) groups is 3. The minimum Gasteiger partial charge on any atom is -0.478 e. The van der Waals surface area contributed by atoms with Crippen LogP contribution in [0.25, 0.3) is 11.1 Å². The molecule has 19 nitrogen and oxygen atoms in total. The fraction of sp³-hybridized carbons (Fsp3) is 0.105. The summed E-state index contributed by atoms with van der Waals surface area (Å²) in [6.45, 7) is 5.59. The molecule has 3 aliphatic rings. The Hall–Kier alpha value is -9.50. The van der Waals surface area contributed by atoms with Gasteiger partial charge in [-0.3, -0.25) is 24.6 Å². The van der Waals surface area contributed by atoms with Crippen molar-refractivity contribution < 1.29 is 43.2 Å². The molecule has 0 atom stereocenters. The predicted octanol–water partition coefficient (Wildman–Crippen LogP) is 17.6. The van der Waals surface area contributed by atoms with Crippen molar-refractivity contribution in [1.82, 2.24) is 19.9 Å². The van der Waals surface area contributed by atoms with Gasteiger partial charge in [0.1, 0.15) is 0 Å². The highest BCUT2D eigenvalue weighted by atomic mass is 79.9. The Morgan fingerprint density at radius 3 is 1.23 bits per heavy atom. The Kier molecular flexibility index (Phi) is 28.2. The van der Waals surface area contributed by atoms with E-state index in [-0.39, 0.29) is 23.3 Å². The van der Waals surface area contributed by atoms with Crippen LogP contribution in [0.2, 0.25) is 15.1 Å². The Labute approximate surface area is 643 Å². The third kappa shape index (κ3) is 21.6. The highest BCUT2D eigenvalue weighted by Gasteiger charge is 2.23. The molecule has 0 saturated carbocycles. The van der Waals surface area contributed by atoms with Crippen molar-refractivity contribution in [2.45, 2.75) is 40.0 Å². The number of nitrogen functional groups attached to an aromatic ring is 1. The number of rotatable bonds is 12. The lowest BCUT2D eigenvalue weighted by atomic mass is 9.83. The molecule has 11 aromatic rings. The lowest BCUT2D eigenvalue weighted by molar-refractivity contribution is 0.0695. The van der Waals surface area contributed by atoms with Gasteiger partial charge < -0.3 is 41.0 Å². The van der Waals surface area contributed by atoms with Crippen LogP contribution in [0.15, 0.2) is 231 Å². The number of carbonyl (C=O) groups excluding carboxylic acids is 2. The van der Waals surface area contributed by atoms with Crippen molar-refractivity contribution in [3.8, 4) is 23.1 Å². The molecular weight excluding hydrogens is 1580 g/mol. The molecular formula is C76H62BBr2Cl5N10O9S. The van der Waals surface area contributed by atoms with E-state index in [1.165, 1.54) is 43.3 Å². The van der Waals surface area contributed by atoms with Crippen LogP contribution in [0.5, 0.6) is 12.0 Å². The summed E-state index contributed by atoms with van der Waals surface area (Å²) in [6, 6.07) is 57.5. The van der Waals surface area contributed by atoms with E-state index in [1.54, 1.807) is 73.9 Å². The van der Waals surface area contributed by atoms with Gasteiger partial charge in [0.2, 0.25) is 9.23 Å². The fourth-order valence-electron chi connectivity index (χ4n) is 10.7. The molecule has 0 unspecified atom stereocenters. The van der Waals surface area contributed by atoms with Crippen LogP contribution in [0, 0.1) is 20.8 Å². The molecule has 3 aliphatic heterocycles. The number of nitrogens with zero attached hydrogens (tertiary/aromatic N) is 7. The summed E-state index contributed by atoms with van der Waals surface area (Å²) >= 11 is 25.8. The number of halogens is 7. The summed E-state index contributed by atoms with van der Waals surface area (Å²) in [5.41, 5.74) is 25.9. The van der Waals surface area contributed by atoms with Crippen LogP contribution in [0.3, 0.4) is 0 Å². The van der Waals surface area contributed by atoms with E-state index in [4.69, 9.17) is 74.6 Å². The number of aromatic carboxylic acids is 1. The van der Waals surface area contributed by atoms with E-state index < -0.39 is 22.3 Å². The van der Waals surface area contributed by atoms with Crippen molar-refractivity contribution in [2.75, 3.05) is 30.6 Å². The number of hydrogen-bond donors (Lipinski definition) is 6. The van der Waals surface area contributed by atoms with Gasteiger partial charge >= 0.3 is 25.1 Å². The normalized spacial score (nSPS) is 11.7. The molecule has 2 amide bonds. The van der Waals surface area contributed by atoms with Gasteiger partial charge in [-0.25, -0.2) is 28.9 Å². The second-order valence-electron chi connectivity index (χ2n) is 22.9. The summed E-state index contributed by atoms with van der Waals surface area (Å²) in [7, 11) is 8.79. The first kappa shape index (κ1) is 78.6. The predicted molar refractivity (Wildman–Crippen MR) is 425 cm³/mol. The van der Waals surface area contributed by atoms with E-state index in [2.05, 4.69) is 112 Å². The molecule has 104 heavy (non-hydrogen) atoms. The van der Waals surface area contributed by atoms with Gasteiger partial charge in [-0.05, 0) is 175 Å². The van der Waals surface area contributed by atoms with Crippen molar-refractivity contribution in [1.29, 1.82) is 0 Å². The number of anilines is 3. The van der Waals surface area contributed by atoms with Gasteiger partial charge in [-0.1, -0.05) is 133 Å². The molecule has 7 N–H and O–H groups in total. The van der Waals surface area contributed by atoms with Crippen LogP contribution in [-0.2, 0) is 28.5 Å². The number of nitrogens with two attached hydrogens (primary N) is 1. The van der Waals surface area contributed by atoms with Crippen molar-refractivity contribution in [3.63, 3.8) is 0 Å². The number of benzene rings is 9. The minimum atomic E-state index is -1.67.